The molecule has 0 saturated heterocycles. The zero-order chi connectivity index (χ0) is 61.3. The molecule has 2 unspecified atom stereocenters. The molecule has 0 spiro atoms. The minimum atomic E-state index is -0.173. The molecule has 12 heteroatoms. The fraction of sp³-hybridized carbons (Fsp3) is 0.0244. The molecule has 7 aliphatic heterocycles. The van der Waals surface area contributed by atoms with Gasteiger partial charge in [-0.1, -0.05) is 170 Å². The molecule has 12 aromatic carbocycles. The first-order chi connectivity index (χ1) is 46.7. The first kappa shape index (κ1) is 52.3. The Hall–Kier alpha value is -11.3. The second-order valence-electron chi connectivity index (χ2n) is 25.0. The summed E-state index contributed by atoms with van der Waals surface area (Å²) in [5.74, 6) is 3.36. The van der Waals surface area contributed by atoms with Crippen LogP contribution in [0.2, 0.25) is 0 Å². The summed E-state index contributed by atoms with van der Waals surface area (Å²) in [6, 6.07) is 102. The number of nitrogens with zero attached hydrogens (tertiary/aromatic N) is 6. The Morgan fingerprint density at radius 2 is 0.713 bits per heavy atom. The number of allylic oxidation sites excluding steroid dienone is 3. The Morgan fingerprint density at radius 3 is 1.23 bits per heavy atom. The maximum atomic E-state index is 6.76. The van der Waals surface area contributed by atoms with E-state index in [1.165, 1.54) is 52.9 Å². The number of thiophene rings is 1. The largest absolute Gasteiger partial charge is 0.453 e. The lowest BCUT2D eigenvalue weighted by atomic mass is 9.33. The molecule has 2 atom stereocenters. The number of rotatable bonds is 6. The van der Waals surface area contributed by atoms with Gasteiger partial charge < -0.3 is 38.9 Å². The van der Waals surface area contributed by atoms with Gasteiger partial charge in [0.1, 0.15) is 0 Å². The maximum Gasteiger partial charge on any atom is 0.264 e. The summed E-state index contributed by atoms with van der Waals surface area (Å²) in [5.41, 5.74) is 24.9. The molecule has 0 saturated carbocycles. The van der Waals surface area contributed by atoms with E-state index in [9.17, 15) is 0 Å². The Labute approximate surface area is 553 Å². The molecule has 8 aliphatic rings. The zero-order valence-corrected chi connectivity index (χ0v) is 52.1. The van der Waals surface area contributed by atoms with Gasteiger partial charge in [0, 0.05) is 88.6 Å². The van der Waals surface area contributed by atoms with E-state index in [2.05, 4.69) is 345 Å². The summed E-state index contributed by atoms with van der Waals surface area (Å²) >= 11 is 4.00. The summed E-state index contributed by atoms with van der Waals surface area (Å²) in [5, 5.41) is 1.44. The lowest BCUT2D eigenvalue weighted by molar-refractivity contribution is 0.477. The molecule has 8 heterocycles. The molecular formula is C82H52B2N6O2S2. The molecule has 21 rings (SSSR count). The molecular weight excluding hydrogens is 1190 g/mol. The lowest BCUT2D eigenvalue weighted by Crippen LogP contribution is -2.62. The third kappa shape index (κ3) is 7.43. The summed E-state index contributed by atoms with van der Waals surface area (Å²) in [7, 11) is 0. The highest BCUT2D eigenvalue weighted by atomic mass is 32.2. The Kier molecular flexibility index (Phi) is 11.2. The minimum Gasteiger partial charge on any atom is -0.453 e. The van der Waals surface area contributed by atoms with Crippen molar-refractivity contribution in [1.29, 1.82) is 0 Å². The molecule has 1 aromatic heterocycles. The second kappa shape index (κ2) is 20.1. The molecule has 94 heavy (non-hydrogen) atoms. The summed E-state index contributed by atoms with van der Waals surface area (Å²) in [6.07, 6.45) is 9.41. The molecule has 0 amide bonds. The molecule has 0 fully saturated rings. The standard InChI is InChI=1S/C82H52B2N6O2S2/c1-5-25-51(26-6-1)85-65-50-66-60(49-59(65)83-77-67(85)45-55(87-61-35-15-19-39-71(61)91-72-40-20-16-36-62(72)87)47-69(77)89(53-29-9-3-10-30-53)79-57-33-13-23-43-75(57)93-81(79)83)84-78-68(86(66)52-27-7-2-8-28-52)46-56(88-63-37-17-21-41-73(63)92-74-42-22-18-38-64(74)88)48-70(78)90(54-31-11-4-12-32-54)80-58-34-14-24-44-76(58)94-82(80)84/h1-50,57,75H. The average molecular weight is 1240 g/mol. The van der Waals surface area contributed by atoms with Crippen molar-refractivity contribution in [2.75, 3.05) is 29.4 Å². The van der Waals surface area contributed by atoms with E-state index in [-0.39, 0.29) is 24.6 Å². The second-order valence-corrected chi connectivity index (χ2v) is 27.3. The van der Waals surface area contributed by atoms with Gasteiger partial charge in [0.15, 0.2) is 23.0 Å². The van der Waals surface area contributed by atoms with Crippen LogP contribution in [0.3, 0.4) is 0 Å². The fourth-order valence-corrected chi connectivity index (χ4v) is 19.2. The first-order valence-electron chi connectivity index (χ1n) is 32.2. The average Bonchev–Trinajstić information content (AvgIpc) is 1.15. The lowest BCUT2D eigenvalue weighted by Gasteiger charge is -2.47. The van der Waals surface area contributed by atoms with Crippen LogP contribution in [0.1, 0.15) is 0 Å². The van der Waals surface area contributed by atoms with Crippen molar-refractivity contribution in [2.24, 2.45) is 5.92 Å². The van der Waals surface area contributed by atoms with Crippen LogP contribution in [-0.4, -0.2) is 18.7 Å². The third-order valence-electron chi connectivity index (χ3n) is 20.0. The van der Waals surface area contributed by atoms with E-state index in [4.69, 9.17) is 9.47 Å². The van der Waals surface area contributed by atoms with Gasteiger partial charge >= 0.3 is 0 Å². The van der Waals surface area contributed by atoms with Crippen molar-refractivity contribution in [1.82, 2.24) is 0 Å². The van der Waals surface area contributed by atoms with Crippen molar-refractivity contribution in [3.05, 3.63) is 314 Å². The Balaban J connectivity index is 0.897. The number of benzene rings is 12. The third-order valence-corrected chi connectivity index (χ3v) is 22.6. The number of fused-ring (bicyclic) bond motifs is 15. The highest BCUT2D eigenvalue weighted by Gasteiger charge is 2.54. The Morgan fingerprint density at radius 1 is 0.319 bits per heavy atom. The van der Waals surface area contributed by atoms with Gasteiger partial charge in [-0.2, -0.15) is 0 Å². The van der Waals surface area contributed by atoms with Crippen LogP contribution in [0, 0.1) is 5.92 Å². The van der Waals surface area contributed by atoms with E-state index in [1.54, 1.807) is 0 Å². The zero-order valence-electron chi connectivity index (χ0n) is 50.5. The van der Waals surface area contributed by atoms with E-state index < -0.39 is 0 Å². The molecule has 440 valence electrons. The van der Waals surface area contributed by atoms with Crippen LogP contribution in [-0.2, 0) is 0 Å². The van der Waals surface area contributed by atoms with Crippen LogP contribution in [0.5, 0.6) is 23.0 Å². The van der Waals surface area contributed by atoms with Gasteiger partial charge in [-0.15, -0.1) is 23.1 Å². The van der Waals surface area contributed by atoms with E-state index >= 15 is 0 Å². The topological polar surface area (TPSA) is 37.9 Å². The van der Waals surface area contributed by atoms with Crippen LogP contribution in [0.25, 0.3) is 10.1 Å². The monoisotopic (exact) mass is 1240 g/mol. The van der Waals surface area contributed by atoms with Crippen molar-refractivity contribution >= 4 is 170 Å². The van der Waals surface area contributed by atoms with Gasteiger partial charge in [0.25, 0.3) is 13.4 Å². The van der Waals surface area contributed by atoms with E-state index in [0.29, 0.717) is 0 Å². The Bertz CT molecular complexity index is 5380. The van der Waals surface area contributed by atoms with Gasteiger partial charge in [0.05, 0.1) is 39.8 Å². The molecule has 0 N–H and O–H groups in total. The number of hydrogen-bond donors (Lipinski definition) is 0. The van der Waals surface area contributed by atoms with Gasteiger partial charge in [0.2, 0.25) is 0 Å². The van der Waals surface area contributed by atoms with Crippen molar-refractivity contribution in [3.63, 3.8) is 0 Å². The summed E-state index contributed by atoms with van der Waals surface area (Å²) in [6.45, 7) is -0.314. The van der Waals surface area contributed by atoms with Crippen molar-refractivity contribution in [3.8, 4) is 23.0 Å². The normalized spacial score (nSPS) is 16.8. The number of ether oxygens (including phenoxy) is 2. The smallest absolute Gasteiger partial charge is 0.264 e. The van der Waals surface area contributed by atoms with E-state index in [1.807, 2.05) is 11.3 Å². The highest BCUT2D eigenvalue weighted by molar-refractivity contribution is 8.06. The van der Waals surface area contributed by atoms with Crippen LogP contribution in [0.15, 0.2) is 314 Å². The molecule has 8 nitrogen and oxygen atoms in total. The summed E-state index contributed by atoms with van der Waals surface area (Å²) in [4.78, 5) is 16.6. The fourth-order valence-electron chi connectivity index (χ4n) is 16.3. The van der Waals surface area contributed by atoms with E-state index in [0.717, 1.165) is 114 Å². The number of anilines is 17. The van der Waals surface area contributed by atoms with Crippen molar-refractivity contribution < 1.29 is 9.47 Å². The molecule has 13 aromatic rings. The van der Waals surface area contributed by atoms with Crippen molar-refractivity contribution in [2.45, 2.75) is 5.25 Å². The van der Waals surface area contributed by atoms with Gasteiger partial charge in [-0.3, -0.25) is 0 Å². The molecule has 1 aliphatic carbocycles. The SMILES string of the molecule is C1=CC2SC3=C(C2C=C1)N(c1ccccc1)c1cc(N2c4ccccc4Oc4ccccc42)cc2c1B3c1cc3c(cc1N2c1ccccc1)N(c1ccccc1)c1cc(N2c4ccccc4Oc4ccccc42)cc2c1B3c1sc3ccccc3c1N2c1ccccc1. The van der Waals surface area contributed by atoms with Crippen LogP contribution in [0.4, 0.5) is 96.7 Å². The number of thioether (sulfide) groups is 1. The maximum absolute atomic E-state index is 6.76. The number of para-hydroxylation sites is 12. The van der Waals surface area contributed by atoms with Gasteiger partial charge in [-0.25, -0.2) is 0 Å². The predicted octanol–water partition coefficient (Wildman–Crippen LogP) is 19.3. The van der Waals surface area contributed by atoms with Crippen LogP contribution >= 0.6 is 23.1 Å². The minimum absolute atomic E-state index is 0.120. The predicted molar refractivity (Wildman–Crippen MR) is 394 cm³/mol. The first-order valence-corrected chi connectivity index (χ1v) is 33.9. The van der Waals surface area contributed by atoms with Crippen LogP contribution < -0.4 is 65.5 Å². The summed E-state index contributed by atoms with van der Waals surface area (Å²) < 4.78 is 16.1. The quantitative estimate of drug-likeness (QED) is 0.151. The highest BCUT2D eigenvalue weighted by Crippen LogP contribution is 2.60. The van der Waals surface area contributed by atoms with Gasteiger partial charge in [-0.05, 0) is 160 Å². The molecule has 0 bridgehead atoms. The number of hydrogen-bond acceptors (Lipinski definition) is 10. The molecule has 0 radical (unpaired) electrons.